The van der Waals surface area contributed by atoms with Crippen LogP contribution in [0.3, 0.4) is 0 Å². The molecule has 0 fully saturated rings. The molecular formula is C17H18O3. The number of ether oxygens (including phenoxy) is 2. The van der Waals surface area contributed by atoms with E-state index in [1.165, 1.54) is 11.1 Å². The van der Waals surface area contributed by atoms with Crippen molar-refractivity contribution in [1.29, 1.82) is 0 Å². The maximum Gasteiger partial charge on any atom is 0.231 e. The van der Waals surface area contributed by atoms with Crippen LogP contribution in [0.2, 0.25) is 0 Å². The summed E-state index contributed by atoms with van der Waals surface area (Å²) in [6.07, 6.45) is 0.0624. The van der Waals surface area contributed by atoms with E-state index >= 15 is 0 Å². The highest BCUT2D eigenvalue weighted by atomic mass is 16.7. The second-order valence-corrected chi connectivity index (χ2v) is 5.25. The lowest BCUT2D eigenvalue weighted by molar-refractivity contribution is 0.171. The van der Waals surface area contributed by atoms with E-state index in [-0.39, 0.29) is 6.79 Å². The van der Waals surface area contributed by atoms with Gasteiger partial charge in [0.15, 0.2) is 11.5 Å². The fraction of sp³-hybridized carbons (Fsp3) is 0.294. The summed E-state index contributed by atoms with van der Waals surface area (Å²) in [5, 5.41) is 10.4. The summed E-state index contributed by atoms with van der Waals surface area (Å²) in [5.74, 6) is 1.45. The molecule has 1 aliphatic heterocycles. The number of fused-ring (bicyclic) bond motifs is 1. The molecule has 0 amide bonds. The molecular weight excluding hydrogens is 252 g/mol. The van der Waals surface area contributed by atoms with E-state index in [2.05, 4.69) is 32.0 Å². The molecule has 1 unspecified atom stereocenters. The van der Waals surface area contributed by atoms with Crippen molar-refractivity contribution in [2.24, 2.45) is 0 Å². The maximum atomic E-state index is 10.4. The number of rotatable bonds is 3. The van der Waals surface area contributed by atoms with Gasteiger partial charge in [-0.2, -0.15) is 0 Å². The van der Waals surface area contributed by atoms with Crippen LogP contribution < -0.4 is 9.47 Å². The van der Waals surface area contributed by atoms with E-state index in [1.807, 2.05) is 18.2 Å². The van der Waals surface area contributed by atoms with Crippen molar-refractivity contribution in [2.75, 3.05) is 6.79 Å². The minimum atomic E-state index is -0.536. The molecule has 0 aromatic heterocycles. The summed E-state index contributed by atoms with van der Waals surface area (Å²) in [5.41, 5.74) is 4.51. The first-order valence-electron chi connectivity index (χ1n) is 6.77. The zero-order valence-electron chi connectivity index (χ0n) is 11.7. The fourth-order valence-corrected chi connectivity index (χ4v) is 2.39. The van der Waals surface area contributed by atoms with Crippen molar-refractivity contribution < 1.29 is 14.6 Å². The van der Waals surface area contributed by atoms with Gasteiger partial charge in [0.25, 0.3) is 0 Å². The van der Waals surface area contributed by atoms with Crippen LogP contribution in [0, 0.1) is 13.8 Å². The third kappa shape index (κ3) is 2.49. The minimum Gasteiger partial charge on any atom is -0.454 e. The molecule has 0 spiro atoms. The monoisotopic (exact) mass is 270 g/mol. The van der Waals surface area contributed by atoms with Crippen molar-refractivity contribution >= 4 is 0 Å². The lowest BCUT2D eigenvalue weighted by Crippen LogP contribution is -2.02. The zero-order valence-corrected chi connectivity index (χ0v) is 11.7. The Morgan fingerprint density at radius 3 is 2.60 bits per heavy atom. The molecule has 1 atom stereocenters. The van der Waals surface area contributed by atoms with Gasteiger partial charge in [-0.25, -0.2) is 0 Å². The second-order valence-electron chi connectivity index (χ2n) is 5.25. The smallest absolute Gasteiger partial charge is 0.231 e. The molecule has 2 aromatic rings. The van der Waals surface area contributed by atoms with Crippen LogP contribution in [-0.4, -0.2) is 11.9 Å². The highest BCUT2D eigenvalue weighted by Crippen LogP contribution is 2.34. The zero-order chi connectivity index (χ0) is 14.1. The molecule has 1 heterocycles. The van der Waals surface area contributed by atoms with E-state index in [0.29, 0.717) is 12.2 Å². The quantitative estimate of drug-likeness (QED) is 0.930. The van der Waals surface area contributed by atoms with E-state index in [1.54, 1.807) is 0 Å². The first-order valence-corrected chi connectivity index (χ1v) is 6.77. The molecule has 0 saturated carbocycles. The molecule has 0 radical (unpaired) electrons. The summed E-state index contributed by atoms with van der Waals surface area (Å²) in [6, 6.07) is 11.9. The van der Waals surface area contributed by atoms with Crippen LogP contribution in [0.25, 0.3) is 0 Å². The average molecular weight is 270 g/mol. The maximum absolute atomic E-state index is 10.4. The summed E-state index contributed by atoms with van der Waals surface area (Å²) in [7, 11) is 0. The Morgan fingerprint density at radius 1 is 1.00 bits per heavy atom. The van der Waals surface area contributed by atoms with E-state index in [9.17, 15) is 5.11 Å². The van der Waals surface area contributed by atoms with Gasteiger partial charge in [-0.1, -0.05) is 24.3 Å². The second kappa shape index (κ2) is 5.17. The van der Waals surface area contributed by atoms with Gasteiger partial charge >= 0.3 is 0 Å². The Hall–Kier alpha value is -2.00. The number of aryl methyl sites for hydroxylation is 2. The Balaban J connectivity index is 1.78. The van der Waals surface area contributed by atoms with Crippen LogP contribution in [-0.2, 0) is 6.42 Å². The number of aliphatic hydroxyl groups is 1. The van der Waals surface area contributed by atoms with Gasteiger partial charge in [-0.15, -0.1) is 0 Å². The lowest BCUT2D eigenvalue weighted by Gasteiger charge is -2.13. The van der Waals surface area contributed by atoms with Crippen molar-refractivity contribution in [2.45, 2.75) is 26.4 Å². The Morgan fingerprint density at radius 2 is 1.80 bits per heavy atom. The highest BCUT2D eigenvalue weighted by Gasteiger charge is 2.17. The van der Waals surface area contributed by atoms with Gasteiger partial charge in [-0.05, 0) is 48.2 Å². The van der Waals surface area contributed by atoms with Crippen LogP contribution in [0.15, 0.2) is 36.4 Å². The largest absolute Gasteiger partial charge is 0.454 e. The highest BCUT2D eigenvalue weighted by molar-refractivity contribution is 5.45. The van der Waals surface area contributed by atoms with E-state index in [4.69, 9.17) is 9.47 Å². The molecule has 20 heavy (non-hydrogen) atoms. The number of aliphatic hydroxyl groups excluding tert-OH is 1. The Kier molecular flexibility index (Phi) is 3.36. The van der Waals surface area contributed by atoms with Crippen LogP contribution >= 0.6 is 0 Å². The van der Waals surface area contributed by atoms with E-state index < -0.39 is 6.10 Å². The molecule has 3 rings (SSSR count). The molecule has 104 valence electrons. The topological polar surface area (TPSA) is 38.7 Å². The van der Waals surface area contributed by atoms with Crippen molar-refractivity contribution in [3.63, 3.8) is 0 Å². The molecule has 0 bridgehead atoms. The Bertz CT molecular complexity index is 634. The third-order valence-electron chi connectivity index (χ3n) is 3.78. The summed E-state index contributed by atoms with van der Waals surface area (Å²) < 4.78 is 10.6. The normalized spacial score (nSPS) is 14.3. The van der Waals surface area contributed by atoms with Crippen LogP contribution in [0.1, 0.15) is 28.4 Å². The number of benzene rings is 2. The van der Waals surface area contributed by atoms with Gasteiger partial charge in [0.1, 0.15) is 0 Å². The molecule has 2 aromatic carbocycles. The molecule has 0 aliphatic carbocycles. The van der Waals surface area contributed by atoms with Crippen molar-refractivity contribution in [3.05, 3.63) is 58.7 Å². The summed E-state index contributed by atoms with van der Waals surface area (Å²) in [6.45, 7) is 4.44. The fourth-order valence-electron chi connectivity index (χ4n) is 2.39. The molecule has 1 N–H and O–H groups in total. The SMILES string of the molecule is Cc1ccc(CC(O)c2ccc3c(c2)OCO3)cc1C. The summed E-state index contributed by atoms with van der Waals surface area (Å²) in [4.78, 5) is 0. The van der Waals surface area contributed by atoms with Gasteiger partial charge in [0.05, 0.1) is 6.10 Å². The molecule has 1 aliphatic rings. The predicted octanol–water partition coefficient (Wildman–Crippen LogP) is 3.31. The van der Waals surface area contributed by atoms with Crippen LogP contribution in [0.5, 0.6) is 11.5 Å². The first kappa shape index (κ1) is 13.0. The van der Waals surface area contributed by atoms with Crippen LogP contribution in [0.4, 0.5) is 0 Å². The average Bonchev–Trinajstić information content (AvgIpc) is 2.90. The minimum absolute atomic E-state index is 0.256. The summed E-state index contributed by atoms with van der Waals surface area (Å²) >= 11 is 0. The molecule has 3 heteroatoms. The van der Waals surface area contributed by atoms with E-state index in [0.717, 1.165) is 16.9 Å². The predicted molar refractivity (Wildman–Crippen MR) is 77.1 cm³/mol. The number of hydrogen-bond acceptors (Lipinski definition) is 3. The van der Waals surface area contributed by atoms with Crippen molar-refractivity contribution in [1.82, 2.24) is 0 Å². The van der Waals surface area contributed by atoms with Gasteiger partial charge in [0, 0.05) is 6.42 Å². The Labute approximate surface area is 118 Å². The number of hydrogen-bond donors (Lipinski definition) is 1. The lowest BCUT2D eigenvalue weighted by atomic mass is 9.98. The molecule has 3 nitrogen and oxygen atoms in total. The standard InChI is InChI=1S/C17H18O3/c1-11-3-4-13(7-12(11)2)8-15(18)14-5-6-16-17(9-14)20-10-19-16/h3-7,9,15,18H,8,10H2,1-2H3. The van der Waals surface area contributed by atoms with Gasteiger partial charge in [-0.3, -0.25) is 0 Å². The first-order chi connectivity index (χ1) is 9.63. The van der Waals surface area contributed by atoms with Crippen molar-refractivity contribution in [3.8, 4) is 11.5 Å². The van der Waals surface area contributed by atoms with Gasteiger partial charge in [0.2, 0.25) is 6.79 Å². The third-order valence-corrected chi connectivity index (χ3v) is 3.78. The van der Waals surface area contributed by atoms with Gasteiger partial charge < -0.3 is 14.6 Å². The molecule has 0 saturated heterocycles.